The van der Waals surface area contributed by atoms with E-state index < -0.39 is 0 Å². The number of ether oxygens (including phenoxy) is 1. The normalized spacial score (nSPS) is 10.2. The number of carbonyl (C=O) groups excluding carboxylic acids is 1. The van der Waals surface area contributed by atoms with Gasteiger partial charge in [-0.25, -0.2) is 0 Å². The number of nitrogens with one attached hydrogen (secondary N) is 1. The molecule has 0 atom stereocenters. The molecule has 0 heterocycles. The Hall–Kier alpha value is -1.46. The summed E-state index contributed by atoms with van der Waals surface area (Å²) >= 11 is 4.89. The average Bonchev–Trinajstić information content (AvgIpc) is 2.49. The minimum absolute atomic E-state index is 0.0462. The molecule has 2 aromatic carbocycles. The molecule has 21 heavy (non-hydrogen) atoms. The van der Waals surface area contributed by atoms with Crippen molar-refractivity contribution in [3.63, 3.8) is 0 Å². The van der Waals surface area contributed by atoms with Crippen molar-refractivity contribution in [2.75, 3.05) is 17.7 Å². The van der Waals surface area contributed by atoms with Crippen molar-refractivity contribution in [1.29, 1.82) is 0 Å². The molecule has 0 aliphatic carbocycles. The lowest BCUT2D eigenvalue weighted by Crippen LogP contribution is -2.14. The first-order valence-corrected chi connectivity index (χ1v) is 8.37. The van der Waals surface area contributed by atoms with E-state index in [4.69, 9.17) is 4.74 Å². The fraction of sp³-hybridized carbons (Fsp3) is 0.188. The van der Waals surface area contributed by atoms with Gasteiger partial charge >= 0.3 is 0 Å². The molecule has 0 fully saturated rings. The number of para-hydroxylation sites is 2. The van der Waals surface area contributed by atoms with Crippen LogP contribution in [0.4, 0.5) is 5.69 Å². The van der Waals surface area contributed by atoms with Crippen molar-refractivity contribution < 1.29 is 9.53 Å². The number of carbonyl (C=O) groups is 1. The van der Waals surface area contributed by atoms with Crippen LogP contribution < -0.4 is 10.1 Å². The first-order chi connectivity index (χ1) is 10.2. The Morgan fingerprint density at radius 3 is 2.62 bits per heavy atom. The van der Waals surface area contributed by atoms with E-state index in [1.165, 1.54) is 11.8 Å². The topological polar surface area (TPSA) is 38.3 Å². The van der Waals surface area contributed by atoms with Crippen LogP contribution in [-0.4, -0.2) is 18.3 Å². The van der Waals surface area contributed by atoms with E-state index in [0.29, 0.717) is 23.8 Å². The summed E-state index contributed by atoms with van der Waals surface area (Å²) in [7, 11) is 0. The van der Waals surface area contributed by atoms with Gasteiger partial charge in [-0.05, 0) is 43.3 Å². The van der Waals surface area contributed by atoms with E-state index in [-0.39, 0.29) is 5.91 Å². The highest BCUT2D eigenvalue weighted by Crippen LogP contribution is 2.25. The summed E-state index contributed by atoms with van der Waals surface area (Å²) < 4.78 is 6.52. The van der Waals surface area contributed by atoms with Crippen LogP contribution in [0.15, 0.2) is 57.9 Å². The van der Waals surface area contributed by atoms with Crippen LogP contribution in [0.5, 0.6) is 5.75 Å². The molecule has 0 unspecified atom stereocenters. The van der Waals surface area contributed by atoms with Crippen molar-refractivity contribution in [2.24, 2.45) is 0 Å². The molecule has 0 bridgehead atoms. The summed E-state index contributed by atoms with van der Waals surface area (Å²) in [6.07, 6.45) is 0. The molecule has 0 saturated heterocycles. The van der Waals surface area contributed by atoms with Gasteiger partial charge in [-0.1, -0.05) is 28.1 Å². The number of rotatable bonds is 6. The predicted octanol–water partition coefficient (Wildman–Crippen LogP) is 4.58. The molecule has 0 saturated carbocycles. The zero-order valence-corrected chi connectivity index (χ0v) is 14.0. The minimum atomic E-state index is -0.0462. The SMILES string of the molecule is CCOc1ccccc1NC(=O)CSc1ccc(Br)cc1. The van der Waals surface area contributed by atoms with Crippen LogP contribution in [0.1, 0.15) is 6.92 Å². The lowest BCUT2D eigenvalue weighted by Gasteiger charge is -2.11. The van der Waals surface area contributed by atoms with Crippen molar-refractivity contribution >= 4 is 39.3 Å². The van der Waals surface area contributed by atoms with Crippen molar-refractivity contribution in [3.8, 4) is 5.75 Å². The summed E-state index contributed by atoms with van der Waals surface area (Å²) in [6, 6.07) is 15.3. The van der Waals surface area contributed by atoms with Gasteiger partial charge < -0.3 is 10.1 Å². The number of benzene rings is 2. The molecule has 1 N–H and O–H groups in total. The molecule has 1 amide bonds. The molecule has 5 heteroatoms. The molecule has 0 radical (unpaired) electrons. The quantitative estimate of drug-likeness (QED) is 0.761. The molecule has 0 aliphatic rings. The molecule has 110 valence electrons. The average molecular weight is 366 g/mol. The summed E-state index contributed by atoms with van der Waals surface area (Å²) in [6.45, 7) is 2.49. The predicted molar refractivity (Wildman–Crippen MR) is 91.1 cm³/mol. The maximum Gasteiger partial charge on any atom is 0.234 e. The molecule has 3 nitrogen and oxygen atoms in total. The van der Waals surface area contributed by atoms with E-state index in [9.17, 15) is 4.79 Å². The molecule has 0 aromatic heterocycles. The summed E-state index contributed by atoms with van der Waals surface area (Å²) in [4.78, 5) is 13.1. The zero-order chi connectivity index (χ0) is 15.1. The Bertz CT molecular complexity index is 601. The van der Waals surface area contributed by atoms with Gasteiger partial charge in [0.15, 0.2) is 0 Å². The first kappa shape index (κ1) is 15.9. The Balaban J connectivity index is 1.91. The number of hydrogen-bond donors (Lipinski definition) is 1. The zero-order valence-electron chi connectivity index (χ0n) is 11.6. The monoisotopic (exact) mass is 365 g/mol. The number of hydrogen-bond acceptors (Lipinski definition) is 3. The van der Waals surface area contributed by atoms with Gasteiger partial charge in [-0.15, -0.1) is 11.8 Å². The Kier molecular flexibility index (Phi) is 6.14. The number of halogens is 1. The molecule has 0 aliphatic heterocycles. The van der Waals surface area contributed by atoms with Crippen LogP contribution in [0.2, 0.25) is 0 Å². The number of anilines is 1. The highest BCUT2D eigenvalue weighted by molar-refractivity contribution is 9.10. The smallest absolute Gasteiger partial charge is 0.234 e. The summed E-state index contributed by atoms with van der Waals surface area (Å²) in [5, 5.41) is 2.88. The fourth-order valence-electron chi connectivity index (χ4n) is 1.72. The second kappa shape index (κ2) is 8.10. The highest BCUT2D eigenvalue weighted by Gasteiger charge is 2.07. The van der Waals surface area contributed by atoms with E-state index in [1.54, 1.807) is 0 Å². The van der Waals surface area contributed by atoms with Gasteiger partial charge in [0.05, 0.1) is 18.0 Å². The van der Waals surface area contributed by atoms with Crippen molar-refractivity contribution in [3.05, 3.63) is 53.0 Å². The third-order valence-electron chi connectivity index (χ3n) is 2.64. The van der Waals surface area contributed by atoms with Crippen molar-refractivity contribution in [1.82, 2.24) is 0 Å². The minimum Gasteiger partial charge on any atom is -0.492 e. The van der Waals surface area contributed by atoms with Gasteiger partial charge in [-0.2, -0.15) is 0 Å². The molecular weight excluding hydrogens is 350 g/mol. The number of amides is 1. The third kappa shape index (κ3) is 5.10. The lowest BCUT2D eigenvalue weighted by molar-refractivity contribution is -0.113. The van der Waals surface area contributed by atoms with Crippen LogP contribution >= 0.6 is 27.7 Å². The summed E-state index contributed by atoms with van der Waals surface area (Å²) in [5.74, 6) is 1.01. The van der Waals surface area contributed by atoms with E-state index >= 15 is 0 Å². The maximum atomic E-state index is 12.0. The summed E-state index contributed by atoms with van der Waals surface area (Å²) in [5.41, 5.74) is 0.709. The van der Waals surface area contributed by atoms with Crippen LogP contribution in [-0.2, 0) is 4.79 Å². The standard InChI is InChI=1S/C16H16BrNO2S/c1-2-20-15-6-4-3-5-14(15)18-16(19)11-21-13-9-7-12(17)8-10-13/h3-10H,2,11H2,1H3,(H,18,19). The van der Waals surface area contributed by atoms with Gasteiger partial charge in [-0.3, -0.25) is 4.79 Å². The Labute approximate surface area is 137 Å². The van der Waals surface area contributed by atoms with E-state index in [1.807, 2.05) is 55.5 Å². The maximum absolute atomic E-state index is 12.0. The number of thioether (sulfide) groups is 1. The van der Waals surface area contributed by atoms with Crippen LogP contribution in [0, 0.1) is 0 Å². The van der Waals surface area contributed by atoms with Crippen LogP contribution in [0.25, 0.3) is 0 Å². The Morgan fingerprint density at radius 2 is 1.90 bits per heavy atom. The lowest BCUT2D eigenvalue weighted by atomic mass is 10.3. The van der Waals surface area contributed by atoms with Gasteiger partial charge in [0.25, 0.3) is 0 Å². The van der Waals surface area contributed by atoms with Gasteiger partial charge in [0, 0.05) is 9.37 Å². The van der Waals surface area contributed by atoms with Gasteiger partial charge in [0.2, 0.25) is 5.91 Å². The highest BCUT2D eigenvalue weighted by atomic mass is 79.9. The fourth-order valence-corrected chi connectivity index (χ4v) is 2.68. The van der Waals surface area contributed by atoms with E-state index in [2.05, 4.69) is 21.2 Å². The second-order valence-corrected chi connectivity index (χ2v) is 6.18. The second-order valence-electron chi connectivity index (χ2n) is 4.22. The first-order valence-electron chi connectivity index (χ1n) is 6.59. The van der Waals surface area contributed by atoms with Gasteiger partial charge in [0.1, 0.15) is 5.75 Å². The molecule has 2 rings (SSSR count). The van der Waals surface area contributed by atoms with E-state index in [0.717, 1.165) is 9.37 Å². The van der Waals surface area contributed by atoms with Crippen LogP contribution in [0.3, 0.4) is 0 Å². The largest absolute Gasteiger partial charge is 0.492 e. The van der Waals surface area contributed by atoms with Crippen molar-refractivity contribution in [2.45, 2.75) is 11.8 Å². The Morgan fingerprint density at radius 1 is 1.19 bits per heavy atom. The molecule has 2 aromatic rings. The third-order valence-corrected chi connectivity index (χ3v) is 4.19. The molecular formula is C16H16BrNO2S. The molecule has 0 spiro atoms.